The highest BCUT2D eigenvalue weighted by Gasteiger charge is 2.20. The van der Waals surface area contributed by atoms with Gasteiger partial charge in [0.15, 0.2) is 5.82 Å². The first kappa shape index (κ1) is 13.6. The highest BCUT2D eigenvalue weighted by molar-refractivity contribution is 7.15. The molecule has 2 heterocycles. The van der Waals surface area contributed by atoms with Crippen LogP contribution >= 0.6 is 11.3 Å². The Bertz CT molecular complexity index is 604. The zero-order valence-electron chi connectivity index (χ0n) is 12.2. The Morgan fingerprint density at radius 3 is 2.85 bits per heavy atom. The number of nitrogens with zero attached hydrogens (tertiary/aromatic N) is 2. The molecule has 2 aromatic rings. The molecule has 1 aliphatic rings. The first-order valence-electron chi connectivity index (χ1n) is 7.54. The molecule has 1 N–H and O–H groups in total. The Morgan fingerprint density at radius 2 is 2.10 bits per heavy atom. The van der Waals surface area contributed by atoms with E-state index in [2.05, 4.69) is 31.3 Å². The highest BCUT2D eigenvalue weighted by Crippen LogP contribution is 2.32. The van der Waals surface area contributed by atoms with E-state index in [4.69, 9.17) is 9.97 Å². The summed E-state index contributed by atoms with van der Waals surface area (Å²) in [6.07, 6.45) is 5.62. The molecule has 20 heavy (non-hydrogen) atoms. The van der Waals surface area contributed by atoms with Crippen molar-refractivity contribution in [3.63, 3.8) is 0 Å². The number of hydrogen-bond acceptors (Lipinski definition) is 4. The number of anilines is 1. The third kappa shape index (κ3) is 2.57. The van der Waals surface area contributed by atoms with Crippen molar-refractivity contribution in [2.75, 3.05) is 11.9 Å². The van der Waals surface area contributed by atoms with Crippen molar-refractivity contribution in [1.29, 1.82) is 0 Å². The van der Waals surface area contributed by atoms with Crippen LogP contribution in [-0.2, 0) is 19.3 Å². The van der Waals surface area contributed by atoms with E-state index in [-0.39, 0.29) is 0 Å². The molecule has 1 aliphatic carbocycles. The molecule has 0 aromatic carbocycles. The van der Waals surface area contributed by atoms with Gasteiger partial charge in [0.1, 0.15) is 5.82 Å². The Labute approximate surface area is 124 Å². The van der Waals surface area contributed by atoms with E-state index in [1.54, 1.807) is 0 Å². The number of aromatic nitrogens is 2. The van der Waals surface area contributed by atoms with Crippen LogP contribution < -0.4 is 5.32 Å². The molecule has 0 spiro atoms. The Morgan fingerprint density at radius 1 is 1.20 bits per heavy atom. The second kappa shape index (κ2) is 5.92. The normalized spacial score (nSPS) is 13.5. The molecule has 3 nitrogen and oxygen atoms in total. The molecule has 0 saturated carbocycles. The van der Waals surface area contributed by atoms with Crippen LogP contribution in [0.2, 0.25) is 0 Å². The van der Waals surface area contributed by atoms with Crippen LogP contribution in [0.1, 0.15) is 42.8 Å². The van der Waals surface area contributed by atoms with Gasteiger partial charge in [-0.25, -0.2) is 9.97 Å². The van der Waals surface area contributed by atoms with Crippen molar-refractivity contribution in [3.8, 4) is 10.7 Å². The van der Waals surface area contributed by atoms with E-state index >= 15 is 0 Å². The van der Waals surface area contributed by atoms with Gasteiger partial charge >= 0.3 is 0 Å². The van der Waals surface area contributed by atoms with Gasteiger partial charge in [-0.15, -0.1) is 11.3 Å². The Balaban J connectivity index is 1.99. The average Bonchev–Trinajstić information content (AvgIpc) is 3.12. The fourth-order valence-corrected chi connectivity index (χ4v) is 3.50. The van der Waals surface area contributed by atoms with Crippen molar-refractivity contribution in [2.45, 2.75) is 46.0 Å². The van der Waals surface area contributed by atoms with Crippen LogP contribution in [0, 0.1) is 0 Å². The molecule has 0 saturated heterocycles. The van der Waals surface area contributed by atoms with Crippen LogP contribution in [0.3, 0.4) is 0 Å². The fraction of sp³-hybridized carbons (Fsp3) is 0.500. The lowest BCUT2D eigenvalue weighted by Crippen LogP contribution is -2.07. The lowest BCUT2D eigenvalue weighted by atomic mass is 10.2. The zero-order valence-corrected chi connectivity index (χ0v) is 13.0. The maximum Gasteiger partial charge on any atom is 0.171 e. The minimum absolute atomic E-state index is 0.897. The van der Waals surface area contributed by atoms with Gasteiger partial charge < -0.3 is 5.32 Å². The Hall–Kier alpha value is -1.42. The van der Waals surface area contributed by atoms with Crippen LogP contribution in [0.4, 0.5) is 5.82 Å². The quantitative estimate of drug-likeness (QED) is 0.900. The Kier molecular flexibility index (Phi) is 4.01. The molecule has 0 unspecified atom stereocenters. The van der Waals surface area contributed by atoms with Gasteiger partial charge in [-0.05, 0) is 44.2 Å². The molecule has 0 fully saturated rings. The maximum atomic E-state index is 4.80. The third-order valence-corrected chi connectivity index (χ3v) is 4.93. The summed E-state index contributed by atoms with van der Waals surface area (Å²) in [6, 6.07) is 4.35. The predicted molar refractivity (Wildman–Crippen MR) is 85.5 cm³/mol. The average molecular weight is 287 g/mol. The largest absolute Gasteiger partial charge is 0.370 e. The molecule has 0 radical (unpaired) electrons. The standard InChI is InChI=1S/C16H21N3S/c1-3-10-17-15-12-6-5-7-13(12)18-16(19-15)14-9-8-11(4-2)20-14/h8-9H,3-7,10H2,1-2H3,(H,17,18,19). The number of hydrogen-bond donors (Lipinski definition) is 1. The van der Waals surface area contributed by atoms with E-state index in [1.165, 1.54) is 27.4 Å². The van der Waals surface area contributed by atoms with Crippen molar-refractivity contribution < 1.29 is 0 Å². The monoisotopic (exact) mass is 287 g/mol. The zero-order chi connectivity index (χ0) is 13.9. The molecule has 4 heteroatoms. The number of fused-ring (bicyclic) bond motifs is 1. The van der Waals surface area contributed by atoms with Gasteiger partial charge in [0.25, 0.3) is 0 Å². The first-order chi connectivity index (χ1) is 9.81. The summed E-state index contributed by atoms with van der Waals surface area (Å²) < 4.78 is 0. The summed E-state index contributed by atoms with van der Waals surface area (Å²) in [7, 11) is 0. The SMILES string of the molecule is CCCNc1nc(-c2ccc(CC)s2)nc2c1CCC2. The van der Waals surface area contributed by atoms with E-state index in [9.17, 15) is 0 Å². The van der Waals surface area contributed by atoms with E-state index < -0.39 is 0 Å². The summed E-state index contributed by atoms with van der Waals surface area (Å²) >= 11 is 1.81. The van der Waals surface area contributed by atoms with Crippen LogP contribution in [0.5, 0.6) is 0 Å². The van der Waals surface area contributed by atoms with Gasteiger partial charge in [-0.1, -0.05) is 13.8 Å². The smallest absolute Gasteiger partial charge is 0.171 e. The van der Waals surface area contributed by atoms with Gasteiger partial charge in [0.05, 0.1) is 4.88 Å². The lowest BCUT2D eigenvalue weighted by molar-refractivity contribution is 0.899. The summed E-state index contributed by atoms with van der Waals surface area (Å²) in [5.41, 5.74) is 2.59. The number of rotatable bonds is 5. The van der Waals surface area contributed by atoms with Gasteiger partial charge in [-0.2, -0.15) is 0 Å². The molecule has 0 bridgehead atoms. The minimum Gasteiger partial charge on any atom is -0.370 e. The summed E-state index contributed by atoms with van der Waals surface area (Å²) in [5, 5.41) is 3.48. The predicted octanol–water partition coefficient (Wildman–Crippen LogP) is 4.08. The molecule has 2 aromatic heterocycles. The molecule has 106 valence electrons. The molecule has 3 rings (SSSR count). The topological polar surface area (TPSA) is 37.8 Å². The summed E-state index contributed by atoms with van der Waals surface area (Å²) in [5.74, 6) is 1.96. The molecule has 0 aliphatic heterocycles. The molecular weight excluding hydrogens is 266 g/mol. The summed E-state index contributed by atoms with van der Waals surface area (Å²) in [4.78, 5) is 12.2. The second-order valence-electron chi connectivity index (χ2n) is 5.22. The van der Waals surface area contributed by atoms with Gasteiger partial charge in [-0.3, -0.25) is 0 Å². The van der Waals surface area contributed by atoms with Crippen LogP contribution in [-0.4, -0.2) is 16.5 Å². The van der Waals surface area contributed by atoms with Gasteiger partial charge in [0, 0.05) is 22.7 Å². The van der Waals surface area contributed by atoms with Crippen molar-refractivity contribution in [3.05, 3.63) is 28.3 Å². The van der Waals surface area contributed by atoms with Crippen molar-refractivity contribution in [1.82, 2.24) is 9.97 Å². The number of aryl methyl sites for hydroxylation is 2. The summed E-state index contributed by atoms with van der Waals surface area (Å²) in [6.45, 7) is 5.35. The van der Waals surface area contributed by atoms with Gasteiger partial charge in [0.2, 0.25) is 0 Å². The molecule has 0 atom stereocenters. The van der Waals surface area contributed by atoms with Crippen molar-refractivity contribution >= 4 is 17.2 Å². The highest BCUT2D eigenvalue weighted by atomic mass is 32.1. The van der Waals surface area contributed by atoms with Crippen LogP contribution in [0.25, 0.3) is 10.7 Å². The van der Waals surface area contributed by atoms with Crippen LogP contribution in [0.15, 0.2) is 12.1 Å². The van der Waals surface area contributed by atoms with E-state index in [0.29, 0.717) is 0 Å². The minimum atomic E-state index is 0.897. The lowest BCUT2D eigenvalue weighted by Gasteiger charge is -2.10. The maximum absolute atomic E-state index is 4.80. The van der Waals surface area contributed by atoms with E-state index in [0.717, 1.165) is 43.9 Å². The first-order valence-corrected chi connectivity index (χ1v) is 8.36. The number of nitrogens with one attached hydrogen (secondary N) is 1. The van der Waals surface area contributed by atoms with E-state index in [1.807, 2.05) is 11.3 Å². The fourth-order valence-electron chi connectivity index (χ4n) is 2.62. The number of thiophene rings is 1. The van der Waals surface area contributed by atoms with Crippen molar-refractivity contribution in [2.24, 2.45) is 0 Å². The second-order valence-corrected chi connectivity index (χ2v) is 6.39. The molecule has 0 amide bonds. The molecular formula is C16H21N3S. The third-order valence-electron chi connectivity index (χ3n) is 3.71.